The fourth-order valence-electron chi connectivity index (χ4n) is 5.78. The number of ether oxygens (including phenoxy) is 3. The second-order valence-electron chi connectivity index (χ2n) is 8.97. The smallest absolute Gasteiger partial charge is 0.396 e. The summed E-state index contributed by atoms with van der Waals surface area (Å²) in [4.78, 5) is 0. The predicted octanol–water partition coefficient (Wildman–Crippen LogP) is 4.79. The van der Waals surface area contributed by atoms with Gasteiger partial charge in [0.15, 0.2) is 6.29 Å². The number of alkyl halides is 3. The lowest BCUT2D eigenvalue weighted by Gasteiger charge is -2.51. The van der Waals surface area contributed by atoms with Crippen LogP contribution in [-0.4, -0.2) is 42.2 Å². The monoisotopic (exact) mass is 394 g/mol. The molecule has 27 heavy (non-hydrogen) atoms. The van der Waals surface area contributed by atoms with Gasteiger partial charge in [0.1, 0.15) is 0 Å². The first-order chi connectivity index (χ1) is 12.6. The van der Waals surface area contributed by atoms with Crippen LogP contribution in [0.4, 0.5) is 13.2 Å². The standard InChI is InChI=1S/C20H33F3O4/c1-4-19(20(21,22)23,25-12-6-11-24)27-16-18-9-5-7-14(2)15(18)8-10-17(3,13-18)26-16/h14-16,24H,4-13H2,1-3H3/t14-,15?,16+,17-,18+,19-/m1/s1. The zero-order chi connectivity index (χ0) is 19.9. The zero-order valence-corrected chi connectivity index (χ0v) is 16.6. The lowest BCUT2D eigenvalue weighted by molar-refractivity contribution is -0.424. The number of fused-ring (bicyclic) bond motifs is 1. The van der Waals surface area contributed by atoms with Gasteiger partial charge in [-0.3, -0.25) is 0 Å². The Morgan fingerprint density at radius 3 is 2.59 bits per heavy atom. The number of hydrogen-bond acceptors (Lipinski definition) is 4. The minimum absolute atomic E-state index is 0.134. The summed E-state index contributed by atoms with van der Waals surface area (Å²) in [7, 11) is 0. The van der Waals surface area contributed by atoms with Crippen molar-refractivity contribution in [3.63, 3.8) is 0 Å². The molecule has 0 radical (unpaired) electrons. The van der Waals surface area contributed by atoms with Gasteiger partial charge in [0.25, 0.3) is 5.79 Å². The lowest BCUT2D eigenvalue weighted by atomic mass is 9.54. The lowest BCUT2D eigenvalue weighted by Crippen LogP contribution is -2.56. The van der Waals surface area contributed by atoms with Gasteiger partial charge in [-0.1, -0.05) is 26.7 Å². The van der Waals surface area contributed by atoms with Gasteiger partial charge in [0, 0.05) is 18.4 Å². The summed E-state index contributed by atoms with van der Waals surface area (Å²) >= 11 is 0. The molecule has 7 heteroatoms. The molecule has 2 bridgehead atoms. The average Bonchev–Trinajstić information content (AvgIpc) is 2.78. The SMILES string of the molecule is CC[C@@](OCCCO)(O[C@@H]1O[C@]2(C)CCC3[C@H](C)CCC[C@]31C2)C(F)(F)F. The highest BCUT2D eigenvalue weighted by Crippen LogP contribution is 2.64. The van der Waals surface area contributed by atoms with E-state index in [0.29, 0.717) is 11.8 Å². The highest BCUT2D eigenvalue weighted by Gasteiger charge is 2.67. The van der Waals surface area contributed by atoms with E-state index in [1.54, 1.807) is 0 Å². The van der Waals surface area contributed by atoms with E-state index < -0.39 is 23.9 Å². The summed E-state index contributed by atoms with van der Waals surface area (Å²) in [6.07, 6.45) is -0.254. The van der Waals surface area contributed by atoms with Crippen LogP contribution in [0.2, 0.25) is 0 Å². The molecule has 1 heterocycles. The van der Waals surface area contributed by atoms with Crippen LogP contribution in [0.3, 0.4) is 0 Å². The van der Waals surface area contributed by atoms with E-state index in [9.17, 15) is 13.2 Å². The van der Waals surface area contributed by atoms with Crippen LogP contribution < -0.4 is 0 Å². The fourth-order valence-corrected chi connectivity index (χ4v) is 5.78. The molecule has 1 spiro atoms. The van der Waals surface area contributed by atoms with Crippen molar-refractivity contribution in [2.24, 2.45) is 17.3 Å². The van der Waals surface area contributed by atoms with Crippen molar-refractivity contribution < 1.29 is 32.5 Å². The van der Waals surface area contributed by atoms with Gasteiger partial charge in [0.2, 0.25) is 0 Å². The summed E-state index contributed by atoms with van der Waals surface area (Å²) < 4.78 is 59.3. The van der Waals surface area contributed by atoms with Crippen LogP contribution in [0.15, 0.2) is 0 Å². The second kappa shape index (κ2) is 7.47. The number of hydrogen-bond donors (Lipinski definition) is 1. The maximum Gasteiger partial charge on any atom is 0.443 e. The maximum atomic E-state index is 14.0. The Balaban J connectivity index is 1.90. The van der Waals surface area contributed by atoms with Gasteiger partial charge in [0.05, 0.1) is 12.2 Å². The van der Waals surface area contributed by atoms with Crippen LogP contribution >= 0.6 is 0 Å². The van der Waals surface area contributed by atoms with Gasteiger partial charge in [-0.25, -0.2) is 0 Å². The Kier molecular flexibility index (Phi) is 5.90. The van der Waals surface area contributed by atoms with Crippen molar-refractivity contribution in [3.8, 4) is 0 Å². The highest BCUT2D eigenvalue weighted by molar-refractivity contribution is 5.08. The molecular formula is C20H33F3O4. The zero-order valence-electron chi connectivity index (χ0n) is 16.6. The molecule has 1 saturated heterocycles. The normalized spacial score (nSPS) is 41.2. The molecule has 3 fully saturated rings. The second-order valence-corrected chi connectivity index (χ2v) is 8.97. The fraction of sp³-hybridized carbons (Fsp3) is 1.00. The van der Waals surface area contributed by atoms with Crippen molar-refractivity contribution in [2.45, 2.75) is 96.0 Å². The Bertz CT molecular complexity index is 528. The number of aliphatic hydroxyl groups excluding tert-OH is 1. The maximum absolute atomic E-state index is 14.0. The molecule has 3 aliphatic rings. The summed E-state index contributed by atoms with van der Waals surface area (Å²) in [5.74, 6) is -1.90. The van der Waals surface area contributed by atoms with Crippen molar-refractivity contribution >= 4 is 0 Å². The van der Waals surface area contributed by atoms with Crippen LogP contribution in [0.1, 0.15) is 72.1 Å². The Morgan fingerprint density at radius 2 is 1.96 bits per heavy atom. The molecular weight excluding hydrogens is 361 g/mol. The Hall–Kier alpha value is -0.370. The first kappa shape index (κ1) is 21.3. The molecule has 158 valence electrons. The van der Waals surface area contributed by atoms with Crippen LogP contribution in [0, 0.1) is 17.3 Å². The third-order valence-corrected chi connectivity index (χ3v) is 7.11. The van der Waals surface area contributed by atoms with E-state index in [-0.39, 0.29) is 31.5 Å². The number of aliphatic hydroxyl groups is 1. The molecule has 0 aromatic rings. The van der Waals surface area contributed by atoms with Gasteiger partial charge in [-0.2, -0.15) is 13.2 Å². The first-order valence-electron chi connectivity index (χ1n) is 10.3. The molecule has 0 amide bonds. The number of halogens is 3. The molecule has 1 N–H and O–H groups in total. The number of rotatable bonds is 7. The van der Waals surface area contributed by atoms with Gasteiger partial charge < -0.3 is 19.3 Å². The van der Waals surface area contributed by atoms with E-state index in [1.165, 1.54) is 6.92 Å². The summed E-state index contributed by atoms with van der Waals surface area (Å²) in [5.41, 5.74) is -0.787. The predicted molar refractivity (Wildman–Crippen MR) is 93.9 cm³/mol. The van der Waals surface area contributed by atoms with E-state index in [4.69, 9.17) is 19.3 Å². The van der Waals surface area contributed by atoms with E-state index >= 15 is 0 Å². The quantitative estimate of drug-likeness (QED) is 0.498. The molecule has 1 unspecified atom stereocenters. The van der Waals surface area contributed by atoms with Crippen molar-refractivity contribution in [3.05, 3.63) is 0 Å². The van der Waals surface area contributed by atoms with Gasteiger partial charge in [-0.05, 0) is 50.9 Å². The average molecular weight is 394 g/mol. The topological polar surface area (TPSA) is 47.9 Å². The molecule has 2 aliphatic carbocycles. The summed E-state index contributed by atoms with van der Waals surface area (Å²) in [6.45, 7) is 5.20. The largest absolute Gasteiger partial charge is 0.443 e. The highest BCUT2D eigenvalue weighted by atomic mass is 19.4. The molecule has 4 nitrogen and oxygen atoms in total. The van der Waals surface area contributed by atoms with Crippen LogP contribution in [0.5, 0.6) is 0 Å². The molecule has 0 aromatic heterocycles. The molecule has 2 saturated carbocycles. The molecule has 1 aliphatic heterocycles. The third kappa shape index (κ3) is 3.65. The van der Waals surface area contributed by atoms with Gasteiger partial charge >= 0.3 is 6.18 Å². The third-order valence-electron chi connectivity index (χ3n) is 7.11. The minimum atomic E-state index is -4.68. The Morgan fingerprint density at radius 1 is 1.22 bits per heavy atom. The summed E-state index contributed by atoms with van der Waals surface area (Å²) in [5, 5.41) is 8.94. The van der Waals surface area contributed by atoms with Crippen molar-refractivity contribution in [1.82, 2.24) is 0 Å². The van der Waals surface area contributed by atoms with E-state index in [0.717, 1.165) is 38.5 Å². The van der Waals surface area contributed by atoms with Crippen LogP contribution in [-0.2, 0) is 14.2 Å². The van der Waals surface area contributed by atoms with E-state index in [1.807, 2.05) is 6.92 Å². The summed E-state index contributed by atoms with van der Waals surface area (Å²) in [6, 6.07) is 0. The molecule has 0 aromatic carbocycles. The molecule has 6 atom stereocenters. The van der Waals surface area contributed by atoms with Gasteiger partial charge in [-0.15, -0.1) is 0 Å². The minimum Gasteiger partial charge on any atom is -0.396 e. The van der Waals surface area contributed by atoms with E-state index in [2.05, 4.69) is 6.92 Å². The van der Waals surface area contributed by atoms with Crippen molar-refractivity contribution in [1.29, 1.82) is 0 Å². The van der Waals surface area contributed by atoms with Crippen LogP contribution in [0.25, 0.3) is 0 Å². The van der Waals surface area contributed by atoms with Crippen molar-refractivity contribution in [2.75, 3.05) is 13.2 Å². The molecule has 3 rings (SSSR count). The first-order valence-corrected chi connectivity index (χ1v) is 10.3. The Labute approximate surface area is 159 Å².